The highest BCUT2D eigenvalue weighted by Gasteiger charge is 2.19. The van der Waals surface area contributed by atoms with Gasteiger partial charge in [-0.3, -0.25) is 0 Å². The molecule has 3 heteroatoms. The number of hydrogen-bond donors (Lipinski definition) is 1. The molecule has 1 N–H and O–H groups in total. The monoisotopic (exact) mass is 227 g/mol. The third kappa shape index (κ3) is 4.81. The van der Waals surface area contributed by atoms with Crippen molar-refractivity contribution in [3.05, 3.63) is 0 Å². The third-order valence-corrected chi connectivity index (χ3v) is 3.95. The average molecular weight is 227 g/mol. The average Bonchev–Trinajstić information content (AvgIpc) is 2.29. The van der Waals surface area contributed by atoms with E-state index in [1.807, 2.05) is 7.05 Å². The Kier molecular flexibility index (Phi) is 6.32. The van der Waals surface area contributed by atoms with Gasteiger partial charge in [0.2, 0.25) is 0 Å². The number of nitrogens with zero attached hydrogens (tertiary/aromatic N) is 2. The Morgan fingerprint density at radius 1 is 1.38 bits per heavy atom. The van der Waals surface area contributed by atoms with Gasteiger partial charge in [0.05, 0.1) is 0 Å². The minimum absolute atomic E-state index is 0.701. The van der Waals surface area contributed by atoms with Gasteiger partial charge in [-0.15, -0.1) is 0 Å². The van der Waals surface area contributed by atoms with Crippen LogP contribution in [-0.2, 0) is 0 Å². The Labute approximate surface area is 101 Å². The maximum Gasteiger partial charge on any atom is 0.00760 e. The van der Waals surface area contributed by atoms with Crippen molar-refractivity contribution in [2.75, 3.05) is 47.3 Å². The van der Waals surface area contributed by atoms with Gasteiger partial charge >= 0.3 is 0 Å². The van der Waals surface area contributed by atoms with Crippen LogP contribution in [0, 0.1) is 5.92 Å². The van der Waals surface area contributed by atoms with Crippen molar-refractivity contribution in [1.29, 1.82) is 0 Å². The van der Waals surface area contributed by atoms with Gasteiger partial charge in [-0.1, -0.05) is 0 Å². The first kappa shape index (κ1) is 13.9. The second kappa shape index (κ2) is 7.25. The quantitative estimate of drug-likeness (QED) is 0.737. The van der Waals surface area contributed by atoms with Gasteiger partial charge in [-0.05, 0) is 72.9 Å². The Balaban J connectivity index is 2.19. The van der Waals surface area contributed by atoms with E-state index < -0.39 is 0 Å². The highest BCUT2D eigenvalue weighted by Crippen LogP contribution is 2.18. The van der Waals surface area contributed by atoms with E-state index in [0.29, 0.717) is 6.04 Å². The maximum absolute atomic E-state index is 3.23. The largest absolute Gasteiger partial charge is 0.320 e. The third-order valence-electron chi connectivity index (χ3n) is 3.95. The van der Waals surface area contributed by atoms with Gasteiger partial charge in [0.1, 0.15) is 0 Å². The van der Waals surface area contributed by atoms with E-state index in [9.17, 15) is 0 Å². The fraction of sp³-hybridized carbons (Fsp3) is 1.00. The molecule has 0 radical (unpaired) electrons. The molecule has 0 bridgehead atoms. The summed E-state index contributed by atoms with van der Waals surface area (Å²) in [7, 11) is 6.54. The number of piperidine rings is 1. The molecule has 1 rings (SSSR count). The Bertz CT molecular complexity index is 176. The lowest BCUT2D eigenvalue weighted by Gasteiger charge is -2.34. The standard InChI is InChI=1S/C13H29N3/c1-12(5-8-14-2)16(4)11-13-6-9-15(3)10-7-13/h12-14H,5-11H2,1-4H3. The molecule has 1 heterocycles. The lowest BCUT2D eigenvalue weighted by atomic mass is 9.96. The molecule has 0 aromatic carbocycles. The van der Waals surface area contributed by atoms with Crippen molar-refractivity contribution in [1.82, 2.24) is 15.1 Å². The van der Waals surface area contributed by atoms with Crippen molar-refractivity contribution in [2.45, 2.75) is 32.2 Å². The lowest BCUT2D eigenvalue weighted by molar-refractivity contribution is 0.151. The summed E-state index contributed by atoms with van der Waals surface area (Å²) in [6, 6.07) is 0.701. The summed E-state index contributed by atoms with van der Waals surface area (Å²) < 4.78 is 0. The summed E-state index contributed by atoms with van der Waals surface area (Å²) in [5.74, 6) is 0.915. The Morgan fingerprint density at radius 3 is 2.56 bits per heavy atom. The van der Waals surface area contributed by atoms with Crippen LogP contribution in [-0.4, -0.2) is 63.2 Å². The van der Waals surface area contributed by atoms with Crippen LogP contribution in [0.25, 0.3) is 0 Å². The zero-order chi connectivity index (χ0) is 12.0. The molecule has 96 valence electrons. The van der Waals surface area contributed by atoms with E-state index in [0.717, 1.165) is 12.5 Å². The molecule has 3 nitrogen and oxygen atoms in total. The van der Waals surface area contributed by atoms with Gasteiger partial charge in [0.15, 0.2) is 0 Å². The van der Waals surface area contributed by atoms with E-state index in [1.165, 1.54) is 38.9 Å². The molecule has 0 spiro atoms. The minimum atomic E-state index is 0.701. The molecule has 0 aromatic rings. The SMILES string of the molecule is CNCCC(C)N(C)CC1CCN(C)CC1. The van der Waals surface area contributed by atoms with Crippen molar-refractivity contribution >= 4 is 0 Å². The lowest BCUT2D eigenvalue weighted by Crippen LogP contribution is -2.39. The summed E-state index contributed by atoms with van der Waals surface area (Å²) in [6.07, 6.45) is 4.00. The van der Waals surface area contributed by atoms with Gasteiger partial charge in [-0.2, -0.15) is 0 Å². The first-order valence-corrected chi connectivity index (χ1v) is 6.67. The molecule has 1 unspecified atom stereocenters. The summed E-state index contributed by atoms with van der Waals surface area (Å²) >= 11 is 0. The van der Waals surface area contributed by atoms with Crippen LogP contribution >= 0.6 is 0 Å². The van der Waals surface area contributed by atoms with Gasteiger partial charge in [0.25, 0.3) is 0 Å². The molecule has 0 saturated carbocycles. The second-order valence-electron chi connectivity index (χ2n) is 5.43. The van der Waals surface area contributed by atoms with Crippen molar-refractivity contribution in [2.24, 2.45) is 5.92 Å². The molecule has 16 heavy (non-hydrogen) atoms. The first-order chi connectivity index (χ1) is 7.63. The molecule has 1 saturated heterocycles. The molecular weight excluding hydrogens is 198 g/mol. The normalized spacial score (nSPS) is 21.6. The predicted molar refractivity (Wildman–Crippen MR) is 70.9 cm³/mol. The number of nitrogens with one attached hydrogen (secondary N) is 1. The van der Waals surface area contributed by atoms with Crippen LogP contribution in [0.4, 0.5) is 0 Å². The predicted octanol–water partition coefficient (Wildman–Crippen LogP) is 1.26. The summed E-state index contributed by atoms with van der Waals surface area (Å²) in [4.78, 5) is 4.98. The van der Waals surface area contributed by atoms with Crippen LogP contribution in [0.5, 0.6) is 0 Å². The number of likely N-dealkylation sites (tertiary alicyclic amines) is 1. The van der Waals surface area contributed by atoms with Crippen LogP contribution in [0.2, 0.25) is 0 Å². The summed E-state index contributed by atoms with van der Waals surface area (Å²) in [6.45, 7) is 7.30. The van der Waals surface area contributed by atoms with E-state index in [4.69, 9.17) is 0 Å². The van der Waals surface area contributed by atoms with Crippen molar-refractivity contribution in [3.8, 4) is 0 Å². The highest BCUT2D eigenvalue weighted by molar-refractivity contribution is 4.74. The van der Waals surface area contributed by atoms with Crippen LogP contribution in [0.15, 0.2) is 0 Å². The second-order valence-corrected chi connectivity index (χ2v) is 5.43. The van der Waals surface area contributed by atoms with Gasteiger partial charge < -0.3 is 15.1 Å². The number of rotatable bonds is 6. The fourth-order valence-corrected chi connectivity index (χ4v) is 2.41. The van der Waals surface area contributed by atoms with Crippen molar-refractivity contribution < 1.29 is 0 Å². The zero-order valence-corrected chi connectivity index (χ0v) is 11.5. The number of hydrogen-bond acceptors (Lipinski definition) is 3. The Morgan fingerprint density at radius 2 is 2.00 bits per heavy atom. The van der Waals surface area contributed by atoms with Crippen LogP contribution in [0.3, 0.4) is 0 Å². The van der Waals surface area contributed by atoms with Gasteiger partial charge in [0, 0.05) is 12.6 Å². The molecule has 1 aliphatic heterocycles. The summed E-state index contributed by atoms with van der Waals surface area (Å²) in [5.41, 5.74) is 0. The zero-order valence-electron chi connectivity index (χ0n) is 11.5. The van der Waals surface area contributed by atoms with E-state index in [1.54, 1.807) is 0 Å². The Hall–Kier alpha value is -0.120. The van der Waals surface area contributed by atoms with E-state index >= 15 is 0 Å². The van der Waals surface area contributed by atoms with Crippen LogP contribution < -0.4 is 5.32 Å². The molecule has 1 fully saturated rings. The molecule has 1 aliphatic rings. The minimum Gasteiger partial charge on any atom is -0.320 e. The topological polar surface area (TPSA) is 18.5 Å². The van der Waals surface area contributed by atoms with Crippen LogP contribution in [0.1, 0.15) is 26.2 Å². The molecule has 0 aliphatic carbocycles. The van der Waals surface area contributed by atoms with Crippen molar-refractivity contribution in [3.63, 3.8) is 0 Å². The van der Waals surface area contributed by atoms with E-state index in [2.05, 4.69) is 36.1 Å². The molecule has 0 aromatic heterocycles. The fourth-order valence-electron chi connectivity index (χ4n) is 2.41. The summed E-state index contributed by atoms with van der Waals surface area (Å²) in [5, 5.41) is 3.23. The molecule has 1 atom stereocenters. The van der Waals surface area contributed by atoms with Gasteiger partial charge in [-0.25, -0.2) is 0 Å². The molecular formula is C13H29N3. The molecule has 0 amide bonds. The maximum atomic E-state index is 3.23. The smallest absolute Gasteiger partial charge is 0.00760 e. The first-order valence-electron chi connectivity index (χ1n) is 6.67. The van der Waals surface area contributed by atoms with E-state index in [-0.39, 0.29) is 0 Å². The highest BCUT2D eigenvalue weighted by atomic mass is 15.1.